The molecule has 0 saturated heterocycles. The monoisotopic (exact) mass is 404 g/mol. The zero-order valence-electron chi connectivity index (χ0n) is 13.2. The van der Waals surface area contributed by atoms with Gasteiger partial charge in [0.25, 0.3) is 0 Å². The van der Waals surface area contributed by atoms with Crippen LogP contribution < -0.4 is 4.90 Å². The van der Waals surface area contributed by atoms with Gasteiger partial charge < -0.3 is 9.45 Å². The van der Waals surface area contributed by atoms with Gasteiger partial charge in [-0.25, -0.2) is 0 Å². The minimum Gasteiger partial charge on any atom is -0.617 e. The fourth-order valence-corrected chi connectivity index (χ4v) is 3.49. The Labute approximate surface area is 152 Å². The standard InChI is InChI=1S/C18H17BrN2O2S/c1-24(23)10-9-21-16-8-7-14(19)11-15(16)18(20-12-17(21)22)13-5-3-2-4-6-13/h2-8,11H,9-10,12H2,1H3. The van der Waals surface area contributed by atoms with E-state index in [0.29, 0.717) is 12.3 Å². The lowest BCUT2D eigenvalue weighted by molar-refractivity contribution is -0.117. The van der Waals surface area contributed by atoms with Crippen molar-refractivity contribution >= 4 is 44.4 Å². The average Bonchev–Trinajstić information content (AvgIpc) is 2.70. The third-order valence-electron chi connectivity index (χ3n) is 3.83. The van der Waals surface area contributed by atoms with Crippen LogP contribution in [0.15, 0.2) is 58.0 Å². The highest BCUT2D eigenvalue weighted by Gasteiger charge is 2.25. The van der Waals surface area contributed by atoms with Crippen LogP contribution in [0.25, 0.3) is 0 Å². The first-order valence-electron chi connectivity index (χ1n) is 7.56. The Bertz CT molecular complexity index is 778. The molecular weight excluding hydrogens is 388 g/mol. The molecule has 124 valence electrons. The van der Waals surface area contributed by atoms with Crippen molar-refractivity contribution in [3.05, 3.63) is 64.1 Å². The zero-order valence-corrected chi connectivity index (χ0v) is 15.6. The molecule has 0 bridgehead atoms. The molecule has 1 atom stereocenters. The summed E-state index contributed by atoms with van der Waals surface area (Å²) in [6.45, 7) is 0.515. The first kappa shape index (κ1) is 17.2. The lowest BCUT2D eigenvalue weighted by atomic mass is 10.0. The SMILES string of the molecule is C[S+]([O-])CCN1C(=O)CN=C(c2ccccc2)c2cc(Br)ccc21. The third-order valence-corrected chi connectivity index (χ3v) is 5.08. The second-order valence-electron chi connectivity index (χ2n) is 5.52. The van der Waals surface area contributed by atoms with E-state index in [9.17, 15) is 9.35 Å². The molecule has 6 heteroatoms. The van der Waals surface area contributed by atoms with Gasteiger partial charge in [0.1, 0.15) is 12.3 Å². The van der Waals surface area contributed by atoms with Crippen molar-refractivity contribution in [2.45, 2.75) is 0 Å². The topological polar surface area (TPSA) is 55.7 Å². The molecule has 2 aromatic rings. The number of rotatable bonds is 4. The summed E-state index contributed by atoms with van der Waals surface area (Å²) in [5.41, 5.74) is 3.50. The van der Waals surface area contributed by atoms with E-state index in [2.05, 4.69) is 20.9 Å². The summed E-state index contributed by atoms with van der Waals surface area (Å²) in [4.78, 5) is 18.8. The van der Waals surface area contributed by atoms with Gasteiger partial charge in [-0.15, -0.1) is 0 Å². The van der Waals surface area contributed by atoms with Gasteiger partial charge in [0.15, 0.2) is 0 Å². The number of anilines is 1. The van der Waals surface area contributed by atoms with Crippen molar-refractivity contribution in [1.29, 1.82) is 0 Å². The maximum atomic E-state index is 12.6. The number of amides is 1. The Morgan fingerprint density at radius 1 is 1.25 bits per heavy atom. The van der Waals surface area contributed by atoms with E-state index in [0.717, 1.165) is 27.0 Å². The van der Waals surface area contributed by atoms with E-state index in [1.165, 1.54) is 0 Å². The van der Waals surface area contributed by atoms with Gasteiger partial charge in [-0.2, -0.15) is 0 Å². The number of hydrogen-bond donors (Lipinski definition) is 0. The number of carbonyl (C=O) groups excluding carboxylic acids is 1. The van der Waals surface area contributed by atoms with E-state index in [1.54, 1.807) is 11.2 Å². The fraction of sp³-hybridized carbons (Fsp3) is 0.222. The van der Waals surface area contributed by atoms with Gasteiger partial charge in [-0.3, -0.25) is 9.79 Å². The number of halogens is 1. The van der Waals surface area contributed by atoms with Crippen LogP contribution in [0.2, 0.25) is 0 Å². The van der Waals surface area contributed by atoms with Crippen molar-refractivity contribution in [1.82, 2.24) is 0 Å². The largest absolute Gasteiger partial charge is 0.617 e. The molecule has 0 aliphatic carbocycles. The van der Waals surface area contributed by atoms with E-state index in [-0.39, 0.29) is 12.5 Å². The Morgan fingerprint density at radius 3 is 2.71 bits per heavy atom. The smallest absolute Gasteiger partial charge is 0.248 e. The Kier molecular flexibility index (Phi) is 5.38. The molecular formula is C18H17BrN2O2S. The molecule has 0 N–H and O–H groups in total. The second kappa shape index (κ2) is 7.51. The lowest BCUT2D eigenvalue weighted by Crippen LogP contribution is -2.36. The number of fused-ring (bicyclic) bond motifs is 1. The first-order chi connectivity index (χ1) is 11.6. The summed E-state index contributed by atoms with van der Waals surface area (Å²) < 4.78 is 12.4. The maximum absolute atomic E-state index is 12.6. The van der Waals surface area contributed by atoms with Crippen molar-refractivity contribution in [2.24, 2.45) is 4.99 Å². The number of benzodiazepines with no additional fused rings is 1. The second-order valence-corrected chi connectivity index (χ2v) is 7.99. The first-order valence-corrected chi connectivity index (χ1v) is 10.1. The molecule has 1 amide bonds. The van der Waals surface area contributed by atoms with E-state index in [4.69, 9.17) is 0 Å². The van der Waals surface area contributed by atoms with Gasteiger partial charge in [0.05, 0.1) is 24.2 Å². The van der Waals surface area contributed by atoms with Crippen LogP contribution in [0.1, 0.15) is 11.1 Å². The number of nitrogens with zero attached hydrogens (tertiary/aromatic N) is 2. The Morgan fingerprint density at radius 2 is 2.00 bits per heavy atom. The van der Waals surface area contributed by atoms with Crippen molar-refractivity contribution < 1.29 is 9.35 Å². The summed E-state index contributed by atoms with van der Waals surface area (Å²) in [6, 6.07) is 15.7. The van der Waals surface area contributed by atoms with Gasteiger partial charge in [0.2, 0.25) is 5.91 Å². The molecule has 0 spiro atoms. The molecule has 1 unspecified atom stereocenters. The molecule has 2 aromatic carbocycles. The minimum atomic E-state index is -0.954. The van der Waals surface area contributed by atoms with Gasteiger partial charge in [0, 0.05) is 15.6 Å². The van der Waals surface area contributed by atoms with Crippen molar-refractivity contribution in [3.8, 4) is 0 Å². The Balaban J connectivity index is 2.09. The summed E-state index contributed by atoms with van der Waals surface area (Å²) in [5.74, 6) is 0.372. The predicted molar refractivity (Wildman–Crippen MR) is 102 cm³/mol. The van der Waals surface area contributed by atoms with E-state index >= 15 is 0 Å². The molecule has 24 heavy (non-hydrogen) atoms. The van der Waals surface area contributed by atoms with E-state index in [1.807, 2.05) is 48.5 Å². The van der Waals surface area contributed by atoms with Crippen molar-refractivity contribution in [3.63, 3.8) is 0 Å². The summed E-state index contributed by atoms with van der Waals surface area (Å²) in [5, 5.41) is 0. The molecule has 0 aromatic heterocycles. The highest BCUT2D eigenvalue weighted by atomic mass is 79.9. The fourth-order valence-electron chi connectivity index (χ4n) is 2.69. The summed E-state index contributed by atoms with van der Waals surface area (Å²) in [7, 11) is 0. The van der Waals surface area contributed by atoms with Crippen LogP contribution >= 0.6 is 15.9 Å². The summed E-state index contributed by atoms with van der Waals surface area (Å²) >= 11 is 2.55. The van der Waals surface area contributed by atoms with Crippen LogP contribution in [0.3, 0.4) is 0 Å². The Hall–Kier alpha value is -1.63. The molecule has 1 aliphatic rings. The molecule has 1 heterocycles. The average molecular weight is 405 g/mol. The van der Waals surface area contributed by atoms with Gasteiger partial charge >= 0.3 is 0 Å². The van der Waals surface area contributed by atoms with Crippen LogP contribution in [0.5, 0.6) is 0 Å². The molecule has 0 saturated carbocycles. The lowest BCUT2D eigenvalue weighted by Gasteiger charge is -2.23. The molecule has 0 radical (unpaired) electrons. The van der Waals surface area contributed by atoms with Crippen LogP contribution in [0, 0.1) is 0 Å². The number of aliphatic imine (C=N–C) groups is 1. The maximum Gasteiger partial charge on any atom is 0.248 e. The van der Waals surface area contributed by atoms with Crippen LogP contribution in [-0.4, -0.2) is 41.3 Å². The van der Waals surface area contributed by atoms with E-state index < -0.39 is 11.2 Å². The molecule has 0 fully saturated rings. The molecule has 4 nitrogen and oxygen atoms in total. The van der Waals surface area contributed by atoms with Gasteiger partial charge in [-0.05, 0) is 18.2 Å². The molecule has 3 rings (SSSR count). The van der Waals surface area contributed by atoms with Crippen LogP contribution in [-0.2, 0) is 16.0 Å². The summed E-state index contributed by atoms with van der Waals surface area (Å²) in [6.07, 6.45) is 1.65. The highest BCUT2D eigenvalue weighted by Crippen LogP contribution is 2.29. The quantitative estimate of drug-likeness (QED) is 0.735. The highest BCUT2D eigenvalue weighted by molar-refractivity contribution is 9.10. The number of hydrogen-bond acceptors (Lipinski definition) is 3. The zero-order chi connectivity index (χ0) is 17.1. The minimum absolute atomic E-state index is 0.0741. The number of benzene rings is 2. The molecule has 1 aliphatic heterocycles. The number of carbonyl (C=O) groups is 1. The van der Waals surface area contributed by atoms with Crippen LogP contribution in [0.4, 0.5) is 5.69 Å². The normalized spacial score (nSPS) is 15.5. The van der Waals surface area contributed by atoms with Gasteiger partial charge in [-0.1, -0.05) is 57.4 Å². The predicted octanol–water partition coefficient (Wildman–Crippen LogP) is 3.01. The van der Waals surface area contributed by atoms with Crippen molar-refractivity contribution in [2.75, 3.05) is 30.0 Å². The third kappa shape index (κ3) is 3.71.